The number of nitriles is 1. The van der Waals surface area contributed by atoms with Crippen LogP contribution in [0.15, 0.2) is 29.6 Å². The van der Waals surface area contributed by atoms with Gasteiger partial charge in [0.2, 0.25) is 0 Å². The van der Waals surface area contributed by atoms with Crippen molar-refractivity contribution in [1.82, 2.24) is 0 Å². The Balaban J connectivity index is 2.47. The van der Waals surface area contributed by atoms with Crippen LogP contribution in [-0.2, 0) is 0 Å². The maximum absolute atomic E-state index is 9.00. The molecule has 16 heavy (non-hydrogen) atoms. The molecule has 2 rings (SSSR count). The largest absolute Gasteiger partial charge is 0.497 e. The number of rotatable bonds is 2. The van der Waals surface area contributed by atoms with Crippen molar-refractivity contribution in [1.29, 1.82) is 5.26 Å². The highest BCUT2D eigenvalue weighted by atomic mass is 32.1. The summed E-state index contributed by atoms with van der Waals surface area (Å²) in [6.07, 6.45) is 0. The van der Waals surface area contributed by atoms with E-state index in [4.69, 9.17) is 15.7 Å². The molecular formula is C12H10N2OS. The highest BCUT2D eigenvalue weighted by Crippen LogP contribution is 2.33. The molecule has 0 aliphatic rings. The molecule has 0 atom stereocenters. The highest BCUT2D eigenvalue weighted by Gasteiger charge is 2.10. The van der Waals surface area contributed by atoms with Crippen LogP contribution in [-0.4, -0.2) is 7.11 Å². The van der Waals surface area contributed by atoms with Crippen molar-refractivity contribution in [2.75, 3.05) is 12.8 Å². The van der Waals surface area contributed by atoms with Gasteiger partial charge >= 0.3 is 0 Å². The Morgan fingerprint density at radius 3 is 2.56 bits per heavy atom. The van der Waals surface area contributed by atoms with Crippen molar-refractivity contribution >= 4 is 16.3 Å². The van der Waals surface area contributed by atoms with Crippen molar-refractivity contribution in [3.8, 4) is 22.9 Å². The molecule has 0 radical (unpaired) electrons. The number of nitrogen functional groups attached to an aromatic ring is 1. The molecule has 0 aliphatic carbocycles. The Morgan fingerprint density at radius 1 is 1.31 bits per heavy atom. The minimum atomic E-state index is 0.551. The second kappa shape index (κ2) is 4.25. The molecule has 80 valence electrons. The van der Waals surface area contributed by atoms with E-state index in [1.54, 1.807) is 7.11 Å². The fraction of sp³-hybridized carbons (Fsp3) is 0.0833. The van der Waals surface area contributed by atoms with Gasteiger partial charge in [-0.05, 0) is 17.7 Å². The predicted octanol–water partition coefficient (Wildman–Crippen LogP) is 2.88. The smallest absolute Gasteiger partial charge is 0.118 e. The lowest BCUT2D eigenvalue weighted by molar-refractivity contribution is 0.415. The summed E-state index contributed by atoms with van der Waals surface area (Å²) in [5.74, 6) is 0.797. The van der Waals surface area contributed by atoms with E-state index >= 15 is 0 Å². The predicted molar refractivity (Wildman–Crippen MR) is 65.4 cm³/mol. The van der Waals surface area contributed by atoms with E-state index in [-0.39, 0.29) is 0 Å². The summed E-state index contributed by atoms with van der Waals surface area (Å²) in [5.41, 5.74) is 8.13. The Kier molecular flexibility index (Phi) is 2.80. The zero-order valence-electron chi connectivity index (χ0n) is 8.73. The van der Waals surface area contributed by atoms with Gasteiger partial charge in [-0.25, -0.2) is 0 Å². The van der Waals surface area contributed by atoms with E-state index in [1.807, 2.05) is 29.6 Å². The summed E-state index contributed by atoms with van der Waals surface area (Å²) >= 11 is 1.38. The lowest BCUT2D eigenvalue weighted by Gasteiger charge is -2.02. The van der Waals surface area contributed by atoms with Gasteiger partial charge in [0.15, 0.2) is 0 Å². The van der Waals surface area contributed by atoms with Crippen LogP contribution in [0, 0.1) is 11.3 Å². The molecule has 1 aromatic carbocycles. The van der Waals surface area contributed by atoms with E-state index in [0.29, 0.717) is 10.6 Å². The lowest BCUT2D eigenvalue weighted by atomic mass is 10.0. The molecule has 2 aromatic rings. The first-order chi connectivity index (χ1) is 7.76. The quantitative estimate of drug-likeness (QED) is 0.863. The summed E-state index contributed by atoms with van der Waals surface area (Å²) < 4.78 is 5.08. The van der Waals surface area contributed by atoms with Gasteiger partial charge in [-0.15, -0.1) is 11.3 Å². The van der Waals surface area contributed by atoms with Gasteiger partial charge in [0, 0.05) is 10.9 Å². The third-order valence-electron chi connectivity index (χ3n) is 2.33. The summed E-state index contributed by atoms with van der Waals surface area (Å²) in [7, 11) is 1.62. The summed E-state index contributed by atoms with van der Waals surface area (Å²) in [6.45, 7) is 0. The van der Waals surface area contributed by atoms with Gasteiger partial charge in [0.1, 0.15) is 16.8 Å². The number of hydrogen-bond donors (Lipinski definition) is 1. The summed E-state index contributed by atoms with van der Waals surface area (Å²) in [4.78, 5) is 0. The topological polar surface area (TPSA) is 59.0 Å². The van der Waals surface area contributed by atoms with E-state index in [1.165, 1.54) is 11.3 Å². The van der Waals surface area contributed by atoms with Crippen molar-refractivity contribution in [2.24, 2.45) is 0 Å². The molecule has 0 spiro atoms. The number of thiophene rings is 1. The van der Waals surface area contributed by atoms with Crippen LogP contribution in [0.25, 0.3) is 11.1 Å². The molecule has 0 bridgehead atoms. The second-order valence-electron chi connectivity index (χ2n) is 3.23. The van der Waals surface area contributed by atoms with Crippen LogP contribution < -0.4 is 10.5 Å². The number of methoxy groups -OCH3 is 1. The molecule has 0 saturated heterocycles. The van der Waals surface area contributed by atoms with E-state index in [9.17, 15) is 0 Å². The van der Waals surface area contributed by atoms with Crippen LogP contribution >= 0.6 is 11.3 Å². The molecule has 0 unspecified atom stereocenters. The normalized spacial score (nSPS) is 9.75. The van der Waals surface area contributed by atoms with Crippen LogP contribution in [0.1, 0.15) is 5.56 Å². The maximum Gasteiger partial charge on any atom is 0.118 e. The average Bonchev–Trinajstić information content (AvgIpc) is 2.70. The maximum atomic E-state index is 9.00. The zero-order chi connectivity index (χ0) is 11.5. The first-order valence-electron chi connectivity index (χ1n) is 4.67. The molecule has 1 heterocycles. The number of hydrogen-bond acceptors (Lipinski definition) is 4. The fourth-order valence-corrected chi connectivity index (χ4v) is 2.24. The van der Waals surface area contributed by atoms with E-state index < -0.39 is 0 Å². The SMILES string of the molecule is COc1ccc(-c2csc(N)c2C#N)cc1. The Hall–Kier alpha value is -1.99. The number of nitrogens with zero attached hydrogens (tertiary/aromatic N) is 1. The fourth-order valence-electron chi connectivity index (χ4n) is 1.47. The third-order valence-corrected chi connectivity index (χ3v) is 3.14. The minimum absolute atomic E-state index is 0.551. The van der Waals surface area contributed by atoms with E-state index in [2.05, 4.69) is 6.07 Å². The van der Waals surface area contributed by atoms with Gasteiger partial charge in [-0.1, -0.05) is 12.1 Å². The molecule has 2 N–H and O–H groups in total. The van der Waals surface area contributed by atoms with Gasteiger partial charge in [0.25, 0.3) is 0 Å². The summed E-state index contributed by atoms with van der Waals surface area (Å²) in [6, 6.07) is 9.69. The van der Waals surface area contributed by atoms with Gasteiger partial charge in [-0.2, -0.15) is 5.26 Å². The standard InChI is InChI=1S/C12H10N2OS/c1-15-9-4-2-8(3-5-9)11-7-16-12(14)10(11)6-13/h2-5,7H,14H2,1H3. The highest BCUT2D eigenvalue weighted by molar-refractivity contribution is 7.14. The molecule has 4 heteroatoms. The van der Waals surface area contributed by atoms with Gasteiger partial charge in [-0.3, -0.25) is 0 Å². The Morgan fingerprint density at radius 2 is 2.00 bits per heavy atom. The monoisotopic (exact) mass is 230 g/mol. The van der Waals surface area contributed by atoms with Crippen molar-refractivity contribution in [3.63, 3.8) is 0 Å². The molecule has 1 aromatic heterocycles. The first kappa shape index (κ1) is 10.5. The average molecular weight is 230 g/mol. The molecular weight excluding hydrogens is 220 g/mol. The van der Waals surface area contributed by atoms with Crippen molar-refractivity contribution in [3.05, 3.63) is 35.2 Å². The van der Waals surface area contributed by atoms with Crippen LogP contribution in [0.3, 0.4) is 0 Å². The van der Waals surface area contributed by atoms with E-state index in [0.717, 1.165) is 16.9 Å². The zero-order valence-corrected chi connectivity index (χ0v) is 9.54. The van der Waals surface area contributed by atoms with Crippen LogP contribution in [0.2, 0.25) is 0 Å². The molecule has 0 saturated carbocycles. The number of benzene rings is 1. The molecule has 0 fully saturated rings. The van der Waals surface area contributed by atoms with Gasteiger partial charge < -0.3 is 10.5 Å². The number of nitrogens with two attached hydrogens (primary N) is 1. The summed E-state index contributed by atoms with van der Waals surface area (Å²) in [5, 5.41) is 11.5. The second-order valence-corrected chi connectivity index (χ2v) is 4.14. The third kappa shape index (κ3) is 1.73. The van der Waals surface area contributed by atoms with Gasteiger partial charge in [0.05, 0.1) is 12.7 Å². The minimum Gasteiger partial charge on any atom is -0.497 e. The Labute approximate surface area is 97.7 Å². The number of ether oxygens (including phenoxy) is 1. The molecule has 0 amide bonds. The number of anilines is 1. The Bertz CT molecular complexity index is 537. The molecule has 3 nitrogen and oxygen atoms in total. The van der Waals surface area contributed by atoms with Crippen molar-refractivity contribution in [2.45, 2.75) is 0 Å². The van der Waals surface area contributed by atoms with Crippen molar-refractivity contribution < 1.29 is 4.74 Å². The molecule has 0 aliphatic heterocycles. The van der Waals surface area contributed by atoms with Crippen LogP contribution in [0.4, 0.5) is 5.00 Å². The van der Waals surface area contributed by atoms with Crippen LogP contribution in [0.5, 0.6) is 5.75 Å². The lowest BCUT2D eigenvalue weighted by Crippen LogP contribution is -1.86. The first-order valence-corrected chi connectivity index (χ1v) is 5.55.